The van der Waals surface area contributed by atoms with Crippen LogP contribution in [-0.4, -0.2) is 5.78 Å². The van der Waals surface area contributed by atoms with E-state index in [2.05, 4.69) is 12.1 Å². The van der Waals surface area contributed by atoms with Crippen LogP contribution >= 0.6 is 0 Å². The first-order chi connectivity index (χ1) is 11.7. The lowest BCUT2D eigenvalue weighted by Gasteiger charge is -2.09. The number of rotatable bonds is 7. The van der Waals surface area contributed by atoms with Crippen LogP contribution < -0.4 is 0 Å². The molecular weight excluding hydrogens is 296 g/mol. The minimum absolute atomic E-state index is 0.0262. The van der Waals surface area contributed by atoms with Crippen LogP contribution in [-0.2, 0) is 11.2 Å². The zero-order valence-electron chi connectivity index (χ0n) is 13.8. The molecule has 3 heteroatoms. The van der Waals surface area contributed by atoms with E-state index < -0.39 is 5.92 Å². The number of nitrogens with zero attached hydrogens (tertiary/aromatic N) is 2. The minimum Gasteiger partial charge on any atom is -0.298 e. The van der Waals surface area contributed by atoms with Crippen LogP contribution in [0.15, 0.2) is 48.5 Å². The van der Waals surface area contributed by atoms with Gasteiger partial charge in [0.2, 0.25) is 0 Å². The number of hydrogen-bond donors (Lipinski definition) is 0. The third kappa shape index (κ3) is 4.31. The maximum absolute atomic E-state index is 12.1. The fraction of sp³-hybridized carbons (Fsp3) is 0.286. The third-order valence-corrected chi connectivity index (χ3v) is 4.07. The summed E-state index contributed by atoms with van der Waals surface area (Å²) >= 11 is 0. The third-order valence-electron chi connectivity index (χ3n) is 4.07. The highest BCUT2D eigenvalue weighted by atomic mass is 16.1. The molecule has 0 saturated carbocycles. The van der Waals surface area contributed by atoms with Crippen LogP contribution in [0.25, 0.3) is 11.1 Å². The smallest absolute Gasteiger partial charge is 0.150 e. The highest BCUT2D eigenvalue weighted by Crippen LogP contribution is 2.24. The van der Waals surface area contributed by atoms with Crippen molar-refractivity contribution in [2.45, 2.75) is 32.6 Å². The Kier molecular flexibility index (Phi) is 6.29. The molecule has 0 N–H and O–H groups in total. The molecule has 0 spiro atoms. The summed E-state index contributed by atoms with van der Waals surface area (Å²) in [6, 6.07) is 19.5. The Morgan fingerprint density at radius 3 is 2.42 bits per heavy atom. The monoisotopic (exact) mass is 316 g/mol. The van der Waals surface area contributed by atoms with Crippen LogP contribution in [0.2, 0.25) is 0 Å². The maximum atomic E-state index is 12.1. The van der Waals surface area contributed by atoms with Gasteiger partial charge >= 0.3 is 0 Å². The topological polar surface area (TPSA) is 64.7 Å². The Balaban J connectivity index is 2.13. The highest BCUT2D eigenvalue weighted by molar-refractivity contribution is 5.83. The number of nitriles is 2. The van der Waals surface area contributed by atoms with Crippen molar-refractivity contribution in [2.24, 2.45) is 5.92 Å². The summed E-state index contributed by atoms with van der Waals surface area (Å²) < 4.78 is 0. The summed E-state index contributed by atoms with van der Waals surface area (Å²) in [5.74, 6) is -0.549. The molecule has 0 aliphatic heterocycles. The van der Waals surface area contributed by atoms with E-state index in [9.17, 15) is 15.3 Å². The SMILES string of the molecule is CCCCC(=O)C(C#N)Cc1ccc(-c2ccccc2C#N)cc1. The second-order valence-corrected chi connectivity index (χ2v) is 5.81. The molecule has 24 heavy (non-hydrogen) atoms. The maximum Gasteiger partial charge on any atom is 0.150 e. The normalized spacial score (nSPS) is 11.3. The predicted molar refractivity (Wildman–Crippen MR) is 93.9 cm³/mol. The molecule has 0 fully saturated rings. The van der Waals surface area contributed by atoms with E-state index in [1.165, 1.54) is 0 Å². The highest BCUT2D eigenvalue weighted by Gasteiger charge is 2.17. The van der Waals surface area contributed by atoms with Gasteiger partial charge in [-0.2, -0.15) is 10.5 Å². The van der Waals surface area contributed by atoms with Crippen molar-refractivity contribution >= 4 is 5.78 Å². The van der Waals surface area contributed by atoms with Gasteiger partial charge < -0.3 is 0 Å². The van der Waals surface area contributed by atoms with Gasteiger partial charge in [-0.3, -0.25) is 4.79 Å². The Labute approximate surface area is 143 Å². The summed E-state index contributed by atoms with van der Waals surface area (Å²) in [6.45, 7) is 2.03. The molecule has 0 aromatic heterocycles. The largest absolute Gasteiger partial charge is 0.298 e. The van der Waals surface area contributed by atoms with Crippen molar-refractivity contribution < 1.29 is 4.79 Å². The van der Waals surface area contributed by atoms with Crippen molar-refractivity contribution in [2.75, 3.05) is 0 Å². The second-order valence-electron chi connectivity index (χ2n) is 5.81. The molecule has 3 nitrogen and oxygen atoms in total. The van der Waals surface area contributed by atoms with Gasteiger partial charge in [0.25, 0.3) is 0 Å². The van der Waals surface area contributed by atoms with E-state index in [4.69, 9.17) is 0 Å². The van der Waals surface area contributed by atoms with Gasteiger partial charge in [0.15, 0.2) is 0 Å². The molecule has 0 amide bonds. The number of hydrogen-bond acceptors (Lipinski definition) is 3. The summed E-state index contributed by atoms with van der Waals surface area (Å²) in [4.78, 5) is 12.1. The lowest BCUT2D eigenvalue weighted by Crippen LogP contribution is -2.15. The summed E-state index contributed by atoms with van der Waals surface area (Å²) in [5, 5.41) is 18.4. The Hall–Kier alpha value is -2.91. The predicted octanol–water partition coefficient (Wildman–Crippen LogP) is 4.67. The summed E-state index contributed by atoms with van der Waals surface area (Å²) in [5.41, 5.74) is 3.45. The quantitative estimate of drug-likeness (QED) is 0.745. The van der Waals surface area contributed by atoms with Crippen LogP contribution in [0.5, 0.6) is 0 Å². The van der Waals surface area contributed by atoms with E-state index in [-0.39, 0.29) is 5.78 Å². The fourth-order valence-electron chi connectivity index (χ4n) is 2.65. The molecule has 2 aromatic carbocycles. The van der Waals surface area contributed by atoms with Crippen molar-refractivity contribution in [1.29, 1.82) is 10.5 Å². The molecule has 0 bridgehead atoms. The van der Waals surface area contributed by atoms with Crippen molar-refractivity contribution in [1.82, 2.24) is 0 Å². The van der Waals surface area contributed by atoms with Crippen LogP contribution in [0.1, 0.15) is 37.3 Å². The molecule has 0 radical (unpaired) electrons. The number of Topliss-reactive ketones (excluding diaryl/α,β-unsaturated/α-hetero) is 1. The first kappa shape index (κ1) is 17.4. The molecule has 1 unspecified atom stereocenters. The molecular formula is C21H20N2O. The number of ketones is 1. The number of benzene rings is 2. The first-order valence-corrected chi connectivity index (χ1v) is 8.20. The molecule has 2 aromatic rings. The van der Waals surface area contributed by atoms with Gasteiger partial charge in [-0.25, -0.2) is 0 Å². The van der Waals surface area contributed by atoms with E-state index >= 15 is 0 Å². The lowest BCUT2D eigenvalue weighted by atomic mass is 9.92. The average Bonchev–Trinajstić information content (AvgIpc) is 2.64. The summed E-state index contributed by atoms with van der Waals surface area (Å²) in [7, 11) is 0. The zero-order valence-corrected chi connectivity index (χ0v) is 13.8. The van der Waals surface area contributed by atoms with E-state index in [1.54, 1.807) is 6.07 Å². The standard InChI is InChI=1S/C21H20N2O/c1-2-3-8-21(24)19(15-23)13-16-9-11-17(12-10-16)20-7-5-4-6-18(20)14-22/h4-7,9-12,19H,2-3,8,13H2,1H3. The van der Waals surface area contributed by atoms with Crippen LogP contribution in [0.4, 0.5) is 0 Å². The van der Waals surface area contributed by atoms with Gasteiger partial charge in [-0.05, 0) is 35.6 Å². The Morgan fingerprint density at radius 1 is 1.08 bits per heavy atom. The molecule has 0 saturated heterocycles. The van der Waals surface area contributed by atoms with Crippen LogP contribution in [0.3, 0.4) is 0 Å². The van der Waals surface area contributed by atoms with Gasteiger partial charge in [0.05, 0.1) is 17.7 Å². The second kappa shape index (κ2) is 8.65. The van der Waals surface area contributed by atoms with Gasteiger partial charge in [0, 0.05) is 6.42 Å². The Morgan fingerprint density at radius 2 is 1.79 bits per heavy atom. The van der Waals surface area contributed by atoms with E-state index in [0.717, 1.165) is 29.5 Å². The molecule has 0 aliphatic rings. The molecule has 2 rings (SSSR count). The summed E-state index contributed by atoms with van der Waals surface area (Å²) in [6.07, 6.45) is 2.71. The van der Waals surface area contributed by atoms with E-state index in [1.807, 2.05) is 49.4 Å². The number of carbonyl (C=O) groups is 1. The van der Waals surface area contributed by atoms with Crippen molar-refractivity contribution in [3.63, 3.8) is 0 Å². The molecule has 1 atom stereocenters. The van der Waals surface area contributed by atoms with Crippen LogP contribution in [0, 0.1) is 28.6 Å². The van der Waals surface area contributed by atoms with Gasteiger partial charge in [-0.15, -0.1) is 0 Å². The number of unbranched alkanes of at least 4 members (excludes halogenated alkanes) is 1. The molecule has 0 aliphatic carbocycles. The van der Waals surface area contributed by atoms with E-state index in [0.29, 0.717) is 18.4 Å². The Bertz CT molecular complexity index is 779. The minimum atomic E-state index is -0.575. The lowest BCUT2D eigenvalue weighted by molar-refractivity contribution is -0.121. The average molecular weight is 316 g/mol. The van der Waals surface area contributed by atoms with Crippen molar-refractivity contribution in [3.8, 4) is 23.3 Å². The van der Waals surface area contributed by atoms with Gasteiger partial charge in [-0.1, -0.05) is 55.8 Å². The fourth-order valence-corrected chi connectivity index (χ4v) is 2.65. The number of carbonyl (C=O) groups excluding carboxylic acids is 1. The van der Waals surface area contributed by atoms with Crippen molar-refractivity contribution in [3.05, 3.63) is 59.7 Å². The molecule has 120 valence electrons. The zero-order chi connectivity index (χ0) is 17.4. The van der Waals surface area contributed by atoms with Gasteiger partial charge in [0.1, 0.15) is 11.7 Å². The first-order valence-electron chi connectivity index (χ1n) is 8.20. The molecule has 0 heterocycles.